The first-order valence-electron chi connectivity index (χ1n) is 6.86. The number of nitriles is 1. The molecular weight excluding hydrogens is 302 g/mol. The standard InChI is InChI=1S/C16H19NO2S2/c1-3-11-19-14(18)9-10-16(2,12-17)21-15(20)13-7-5-4-6-8-13/h4-8H,3,9-11H2,1-2H3. The zero-order valence-corrected chi connectivity index (χ0v) is 13.9. The Bertz CT molecular complexity index is 525. The summed E-state index contributed by atoms with van der Waals surface area (Å²) in [6.07, 6.45) is 1.45. The SMILES string of the molecule is CCCOC(=O)CCC(C)(C#N)SC(=S)c1ccccc1. The minimum absolute atomic E-state index is 0.231. The van der Waals surface area contributed by atoms with Gasteiger partial charge in [0.25, 0.3) is 0 Å². The van der Waals surface area contributed by atoms with Crippen molar-refractivity contribution in [3.05, 3.63) is 35.9 Å². The number of esters is 1. The van der Waals surface area contributed by atoms with Gasteiger partial charge in [-0.15, -0.1) is 0 Å². The van der Waals surface area contributed by atoms with Crippen molar-refractivity contribution in [2.24, 2.45) is 0 Å². The van der Waals surface area contributed by atoms with E-state index in [0.29, 0.717) is 17.2 Å². The number of thiocarbonyl (C=S) groups is 1. The van der Waals surface area contributed by atoms with Crippen LogP contribution in [0.5, 0.6) is 0 Å². The van der Waals surface area contributed by atoms with Crippen LogP contribution in [0, 0.1) is 11.3 Å². The fourth-order valence-electron chi connectivity index (χ4n) is 1.60. The monoisotopic (exact) mass is 321 g/mol. The Morgan fingerprint density at radius 3 is 2.67 bits per heavy atom. The smallest absolute Gasteiger partial charge is 0.305 e. The average molecular weight is 321 g/mol. The van der Waals surface area contributed by atoms with Crippen molar-refractivity contribution in [1.29, 1.82) is 5.26 Å². The lowest BCUT2D eigenvalue weighted by molar-refractivity contribution is -0.143. The van der Waals surface area contributed by atoms with E-state index in [1.165, 1.54) is 11.8 Å². The second-order valence-corrected chi connectivity index (χ2v) is 7.00. The number of benzene rings is 1. The van der Waals surface area contributed by atoms with E-state index in [1.54, 1.807) is 6.92 Å². The number of hydrogen-bond acceptors (Lipinski definition) is 5. The summed E-state index contributed by atoms with van der Waals surface area (Å²) in [6, 6.07) is 11.8. The molecule has 1 unspecified atom stereocenters. The maximum atomic E-state index is 11.5. The molecule has 0 bridgehead atoms. The number of rotatable bonds is 7. The summed E-state index contributed by atoms with van der Waals surface area (Å²) in [4.78, 5) is 11.5. The first kappa shape index (κ1) is 17.7. The van der Waals surface area contributed by atoms with Crippen molar-refractivity contribution in [2.45, 2.75) is 37.9 Å². The Balaban J connectivity index is 2.58. The molecule has 0 aromatic heterocycles. The van der Waals surface area contributed by atoms with Crippen LogP contribution in [0.25, 0.3) is 0 Å². The van der Waals surface area contributed by atoms with Crippen LogP contribution in [-0.4, -0.2) is 21.5 Å². The van der Waals surface area contributed by atoms with Gasteiger partial charge in [-0.25, -0.2) is 0 Å². The molecule has 112 valence electrons. The van der Waals surface area contributed by atoms with Crippen LogP contribution in [0.2, 0.25) is 0 Å². The minimum atomic E-state index is -0.724. The zero-order chi connectivity index (χ0) is 15.7. The molecule has 1 aromatic rings. The lowest BCUT2D eigenvalue weighted by atomic mass is 10.1. The van der Waals surface area contributed by atoms with Crippen LogP contribution in [0.3, 0.4) is 0 Å². The van der Waals surface area contributed by atoms with Crippen molar-refractivity contribution >= 4 is 34.1 Å². The van der Waals surface area contributed by atoms with Crippen LogP contribution in [0.15, 0.2) is 30.3 Å². The van der Waals surface area contributed by atoms with Crippen LogP contribution in [0.1, 0.15) is 38.7 Å². The Hall–Kier alpha value is -1.38. The molecule has 0 N–H and O–H groups in total. The van der Waals surface area contributed by atoms with Gasteiger partial charge in [-0.2, -0.15) is 5.26 Å². The van der Waals surface area contributed by atoms with Gasteiger partial charge in [-0.3, -0.25) is 4.79 Å². The molecule has 3 nitrogen and oxygen atoms in total. The number of thioether (sulfide) groups is 1. The van der Waals surface area contributed by atoms with Crippen LogP contribution >= 0.6 is 24.0 Å². The highest BCUT2D eigenvalue weighted by Gasteiger charge is 2.28. The molecule has 5 heteroatoms. The van der Waals surface area contributed by atoms with Gasteiger partial charge in [0.2, 0.25) is 0 Å². The average Bonchev–Trinajstić information content (AvgIpc) is 2.51. The summed E-state index contributed by atoms with van der Waals surface area (Å²) >= 11 is 6.71. The molecule has 0 saturated heterocycles. The van der Waals surface area contributed by atoms with Gasteiger partial charge >= 0.3 is 5.97 Å². The maximum Gasteiger partial charge on any atom is 0.305 e. The molecule has 0 aliphatic carbocycles. The van der Waals surface area contributed by atoms with Crippen molar-refractivity contribution in [3.63, 3.8) is 0 Å². The molecule has 0 heterocycles. The van der Waals surface area contributed by atoms with E-state index in [-0.39, 0.29) is 12.4 Å². The molecule has 0 aliphatic heterocycles. The summed E-state index contributed by atoms with van der Waals surface area (Å²) in [5.41, 5.74) is 0.924. The molecule has 0 aliphatic rings. The van der Waals surface area contributed by atoms with Gasteiger partial charge in [0, 0.05) is 6.42 Å². The first-order chi connectivity index (χ1) is 10.0. The zero-order valence-electron chi connectivity index (χ0n) is 12.3. The first-order valence-corrected chi connectivity index (χ1v) is 8.08. The number of carbonyl (C=O) groups is 1. The summed E-state index contributed by atoms with van der Waals surface area (Å²) in [7, 11) is 0. The van der Waals surface area contributed by atoms with Crippen LogP contribution in [-0.2, 0) is 9.53 Å². The van der Waals surface area contributed by atoms with Gasteiger partial charge in [-0.05, 0) is 25.3 Å². The molecule has 1 rings (SSSR count). The third kappa shape index (κ3) is 6.28. The van der Waals surface area contributed by atoms with E-state index in [0.717, 1.165) is 12.0 Å². The van der Waals surface area contributed by atoms with E-state index in [4.69, 9.17) is 17.0 Å². The minimum Gasteiger partial charge on any atom is -0.466 e. The second-order valence-electron chi connectivity index (χ2n) is 4.82. The molecule has 0 amide bonds. The molecule has 1 aromatic carbocycles. The number of ether oxygens (including phenoxy) is 1. The number of hydrogen-bond donors (Lipinski definition) is 0. The third-order valence-corrected chi connectivity index (χ3v) is 4.49. The van der Waals surface area contributed by atoms with E-state index in [9.17, 15) is 10.1 Å². The van der Waals surface area contributed by atoms with E-state index >= 15 is 0 Å². The van der Waals surface area contributed by atoms with Gasteiger partial charge in [0.15, 0.2) is 0 Å². The molecule has 0 radical (unpaired) electrons. The Kier molecular flexibility index (Phi) is 7.41. The molecule has 1 atom stereocenters. The Morgan fingerprint density at radius 2 is 2.10 bits per heavy atom. The molecule has 0 spiro atoms. The summed E-state index contributed by atoms with van der Waals surface area (Å²) < 4.78 is 4.97. The quantitative estimate of drug-likeness (QED) is 0.559. The molecule has 0 fully saturated rings. The van der Waals surface area contributed by atoms with Crippen LogP contribution < -0.4 is 0 Å². The van der Waals surface area contributed by atoms with Crippen molar-refractivity contribution in [2.75, 3.05) is 6.61 Å². The van der Waals surface area contributed by atoms with E-state index in [1.807, 2.05) is 37.3 Å². The predicted octanol–water partition coefficient (Wildman–Crippen LogP) is 4.11. The normalized spacial score (nSPS) is 13.0. The van der Waals surface area contributed by atoms with Gasteiger partial charge in [-0.1, -0.05) is 61.2 Å². The highest BCUT2D eigenvalue weighted by molar-refractivity contribution is 8.24. The predicted molar refractivity (Wildman–Crippen MR) is 90.2 cm³/mol. The highest BCUT2D eigenvalue weighted by atomic mass is 32.2. The van der Waals surface area contributed by atoms with E-state index < -0.39 is 4.75 Å². The summed E-state index contributed by atoms with van der Waals surface area (Å²) in [5, 5.41) is 9.39. The van der Waals surface area contributed by atoms with Crippen molar-refractivity contribution in [3.8, 4) is 6.07 Å². The van der Waals surface area contributed by atoms with Crippen molar-refractivity contribution in [1.82, 2.24) is 0 Å². The Labute approximate surface area is 135 Å². The van der Waals surface area contributed by atoms with Crippen LogP contribution in [0.4, 0.5) is 0 Å². The molecular formula is C16H19NO2S2. The largest absolute Gasteiger partial charge is 0.466 e. The van der Waals surface area contributed by atoms with E-state index in [2.05, 4.69) is 6.07 Å². The maximum absolute atomic E-state index is 11.5. The number of nitrogens with zero attached hydrogens (tertiary/aromatic N) is 1. The fourth-order valence-corrected chi connectivity index (χ4v) is 3.20. The summed E-state index contributed by atoms with van der Waals surface area (Å²) in [6.45, 7) is 4.18. The fraction of sp³-hybridized carbons (Fsp3) is 0.438. The van der Waals surface area contributed by atoms with Gasteiger partial charge in [0.05, 0.1) is 16.9 Å². The Morgan fingerprint density at radius 1 is 1.43 bits per heavy atom. The lowest BCUT2D eigenvalue weighted by Crippen LogP contribution is -2.22. The topological polar surface area (TPSA) is 50.1 Å². The summed E-state index contributed by atoms with van der Waals surface area (Å²) in [5.74, 6) is -0.260. The highest BCUT2D eigenvalue weighted by Crippen LogP contribution is 2.33. The van der Waals surface area contributed by atoms with Crippen molar-refractivity contribution < 1.29 is 9.53 Å². The lowest BCUT2D eigenvalue weighted by Gasteiger charge is -2.20. The molecule has 21 heavy (non-hydrogen) atoms. The number of carbonyl (C=O) groups excluding carboxylic acids is 1. The van der Waals surface area contributed by atoms with Gasteiger partial charge in [0.1, 0.15) is 4.75 Å². The van der Waals surface area contributed by atoms with Gasteiger partial charge < -0.3 is 4.74 Å². The third-order valence-electron chi connectivity index (χ3n) is 2.84. The molecule has 0 saturated carbocycles. The second kappa shape index (κ2) is 8.81.